The van der Waals surface area contributed by atoms with E-state index in [2.05, 4.69) is 9.95 Å². The molecule has 0 spiro atoms. The summed E-state index contributed by atoms with van der Waals surface area (Å²) in [5.74, 6) is 0. The molecule has 2 heterocycles. The minimum Gasteiger partial charge on any atom is -0.376 e. The zero-order valence-electron chi connectivity index (χ0n) is 17.1. The number of rotatable bonds is 6. The van der Waals surface area contributed by atoms with Crippen molar-refractivity contribution < 1.29 is 13.2 Å². The van der Waals surface area contributed by atoms with Gasteiger partial charge in [0, 0.05) is 26.1 Å². The Morgan fingerprint density at radius 3 is 2.50 bits per heavy atom. The third-order valence-electron chi connectivity index (χ3n) is 5.12. The second kappa shape index (κ2) is 8.85. The van der Waals surface area contributed by atoms with E-state index < -0.39 is 10.0 Å². The first-order valence-electron chi connectivity index (χ1n) is 9.88. The van der Waals surface area contributed by atoms with Gasteiger partial charge in [-0.1, -0.05) is 30.3 Å². The van der Waals surface area contributed by atoms with Crippen molar-refractivity contribution in [3.05, 3.63) is 64.8 Å². The zero-order valence-corrected chi connectivity index (χ0v) is 18.7. The fourth-order valence-electron chi connectivity index (χ4n) is 3.44. The molecule has 158 valence electrons. The van der Waals surface area contributed by atoms with Gasteiger partial charge in [0.15, 0.2) is 4.80 Å². The first-order valence-corrected chi connectivity index (χ1v) is 12.2. The predicted octanol–water partition coefficient (Wildman–Crippen LogP) is 3.88. The second-order valence-electron chi connectivity index (χ2n) is 7.41. The summed E-state index contributed by atoms with van der Waals surface area (Å²) in [4.78, 5) is 6.02. The summed E-state index contributed by atoms with van der Waals surface area (Å²) < 4.78 is 34.0. The molecule has 3 aromatic rings. The topological polar surface area (TPSA) is 63.9 Å². The summed E-state index contributed by atoms with van der Waals surface area (Å²) in [6, 6.07) is 16.9. The number of hydrogen-bond acceptors (Lipinski definition) is 5. The molecule has 0 bridgehead atoms. The third-order valence-corrected chi connectivity index (χ3v) is 7.81. The van der Waals surface area contributed by atoms with Gasteiger partial charge in [-0.25, -0.2) is 17.7 Å². The zero-order chi connectivity index (χ0) is 21.1. The highest BCUT2D eigenvalue weighted by Crippen LogP contribution is 2.25. The Balaban J connectivity index is 1.75. The Morgan fingerprint density at radius 2 is 1.87 bits per heavy atom. The van der Waals surface area contributed by atoms with Crippen LogP contribution in [0.15, 0.2) is 69.9 Å². The van der Waals surface area contributed by atoms with Gasteiger partial charge in [0.25, 0.3) is 0 Å². The molecule has 1 aliphatic heterocycles. The van der Waals surface area contributed by atoms with Gasteiger partial charge in [0.1, 0.15) is 0 Å². The van der Waals surface area contributed by atoms with Gasteiger partial charge in [-0.05, 0) is 42.7 Å². The molecule has 4 rings (SSSR count). The summed E-state index contributed by atoms with van der Waals surface area (Å²) >= 11 is 1.58. The van der Waals surface area contributed by atoms with Crippen molar-refractivity contribution >= 4 is 27.0 Å². The maximum absolute atomic E-state index is 12.4. The predicted molar refractivity (Wildman–Crippen MR) is 119 cm³/mol. The minimum absolute atomic E-state index is 0.168. The van der Waals surface area contributed by atoms with E-state index in [0.717, 1.165) is 47.7 Å². The summed E-state index contributed by atoms with van der Waals surface area (Å²) in [6.07, 6.45) is 2.28. The normalized spacial score (nSPS) is 17.7. The van der Waals surface area contributed by atoms with Crippen molar-refractivity contribution in [2.75, 3.05) is 20.7 Å². The molecule has 0 radical (unpaired) electrons. The van der Waals surface area contributed by atoms with E-state index in [9.17, 15) is 8.42 Å². The molecule has 1 aromatic heterocycles. The van der Waals surface area contributed by atoms with Crippen molar-refractivity contribution in [2.24, 2.45) is 4.99 Å². The van der Waals surface area contributed by atoms with Gasteiger partial charge in [-0.15, -0.1) is 11.3 Å². The van der Waals surface area contributed by atoms with Gasteiger partial charge in [-0.2, -0.15) is 0 Å². The summed E-state index contributed by atoms with van der Waals surface area (Å²) in [7, 11) is -0.376. The van der Waals surface area contributed by atoms with Gasteiger partial charge in [0.2, 0.25) is 10.0 Å². The molecule has 1 unspecified atom stereocenters. The van der Waals surface area contributed by atoms with Crippen molar-refractivity contribution in [1.82, 2.24) is 8.87 Å². The molecule has 1 aliphatic rings. The molecule has 30 heavy (non-hydrogen) atoms. The van der Waals surface area contributed by atoms with E-state index in [-0.39, 0.29) is 11.0 Å². The summed E-state index contributed by atoms with van der Waals surface area (Å²) in [5.41, 5.74) is 2.87. The highest BCUT2D eigenvalue weighted by atomic mass is 32.2. The number of hydrogen-bond donors (Lipinski definition) is 0. The lowest BCUT2D eigenvalue weighted by Gasteiger charge is -2.15. The van der Waals surface area contributed by atoms with Crippen LogP contribution in [0.25, 0.3) is 11.3 Å². The smallest absolute Gasteiger partial charge is 0.242 e. The van der Waals surface area contributed by atoms with Crippen molar-refractivity contribution in [3.8, 4) is 11.3 Å². The van der Waals surface area contributed by atoms with Crippen LogP contribution in [0.4, 0.5) is 5.69 Å². The quantitative estimate of drug-likeness (QED) is 0.581. The SMILES string of the molecule is CN(C)S(=O)(=O)c1ccc(-c2csc(=Nc3ccccc3)n2CC2CCCO2)cc1. The molecule has 1 atom stereocenters. The standard InChI is InChI=1S/C22H25N3O3S2/c1-24(2)30(26,27)20-12-10-17(11-13-20)21-16-29-22(23-18-7-4-3-5-8-18)25(21)15-19-9-6-14-28-19/h3-5,7-8,10-13,16,19H,6,9,14-15H2,1-2H3. The van der Waals surface area contributed by atoms with E-state index in [1.54, 1.807) is 23.5 Å². The van der Waals surface area contributed by atoms with E-state index in [0.29, 0.717) is 0 Å². The first kappa shape index (κ1) is 21.0. The molecule has 2 aromatic carbocycles. The van der Waals surface area contributed by atoms with Crippen LogP contribution in [0.1, 0.15) is 12.8 Å². The number of thiazole rings is 1. The van der Waals surface area contributed by atoms with Crippen LogP contribution in [0.2, 0.25) is 0 Å². The lowest BCUT2D eigenvalue weighted by molar-refractivity contribution is 0.0968. The molecule has 6 nitrogen and oxygen atoms in total. The average molecular weight is 444 g/mol. The molecular weight excluding hydrogens is 418 g/mol. The lowest BCUT2D eigenvalue weighted by Crippen LogP contribution is -2.24. The van der Waals surface area contributed by atoms with E-state index in [1.165, 1.54) is 18.4 Å². The molecule has 1 saturated heterocycles. The Hall–Kier alpha value is -2.26. The van der Waals surface area contributed by atoms with Crippen LogP contribution >= 0.6 is 11.3 Å². The largest absolute Gasteiger partial charge is 0.376 e. The van der Waals surface area contributed by atoms with E-state index in [1.807, 2.05) is 42.5 Å². The molecule has 0 saturated carbocycles. The maximum Gasteiger partial charge on any atom is 0.242 e. The van der Waals surface area contributed by atoms with Crippen LogP contribution in [0.3, 0.4) is 0 Å². The Kier molecular flexibility index (Phi) is 6.19. The fourth-order valence-corrected chi connectivity index (χ4v) is 5.28. The highest BCUT2D eigenvalue weighted by molar-refractivity contribution is 7.89. The summed E-state index contributed by atoms with van der Waals surface area (Å²) in [6.45, 7) is 1.52. The molecular formula is C22H25N3O3S2. The van der Waals surface area contributed by atoms with Crippen LogP contribution < -0.4 is 4.80 Å². The number of aromatic nitrogens is 1. The van der Waals surface area contributed by atoms with E-state index in [4.69, 9.17) is 9.73 Å². The van der Waals surface area contributed by atoms with Crippen molar-refractivity contribution in [3.63, 3.8) is 0 Å². The van der Waals surface area contributed by atoms with Crippen LogP contribution in [-0.2, 0) is 21.3 Å². The second-order valence-corrected chi connectivity index (χ2v) is 10.4. The Bertz CT molecular complexity index is 1160. The first-order chi connectivity index (χ1) is 14.4. The highest BCUT2D eigenvalue weighted by Gasteiger charge is 2.20. The minimum atomic E-state index is -3.45. The number of nitrogens with zero attached hydrogens (tertiary/aromatic N) is 3. The Labute approximate surface area is 181 Å². The number of sulfonamides is 1. The lowest BCUT2D eigenvalue weighted by atomic mass is 10.1. The number of ether oxygens (including phenoxy) is 1. The molecule has 0 aliphatic carbocycles. The van der Waals surface area contributed by atoms with Crippen LogP contribution in [0.5, 0.6) is 0 Å². The number of benzene rings is 2. The molecule has 0 amide bonds. The van der Waals surface area contributed by atoms with Crippen molar-refractivity contribution in [2.45, 2.75) is 30.4 Å². The molecule has 8 heteroatoms. The van der Waals surface area contributed by atoms with Crippen LogP contribution in [-0.4, -0.2) is 44.1 Å². The molecule has 1 fully saturated rings. The van der Waals surface area contributed by atoms with Gasteiger partial charge < -0.3 is 9.30 Å². The molecule has 0 N–H and O–H groups in total. The van der Waals surface area contributed by atoms with Crippen LogP contribution in [0, 0.1) is 0 Å². The van der Waals surface area contributed by atoms with E-state index >= 15 is 0 Å². The average Bonchev–Trinajstić information content (AvgIpc) is 3.40. The Morgan fingerprint density at radius 1 is 1.13 bits per heavy atom. The van der Waals surface area contributed by atoms with Gasteiger partial charge >= 0.3 is 0 Å². The van der Waals surface area contributed by atoms with Gasteiger partial charge in [-0.3, -0.25) is 0 Å². The monoisotopic (exact) mass is 443 g/mol. The number of para-hydroxylation sites is 1. The van der Waals surface area contributed by atoms with Gasteiger partial charge in [0.05, 0.1) is 28.9 Å². The fraction of sp³-hybridized carbons (Fsp3) is 0.318. The maximum atomic E-state index is 12.4. The summed E-state index contributed by atoms with van der Waals surface area (Å²) in [5, 5.41) is 2.08. The third kappa shape index (κ3) is 4.41. The van der Waals surface area contributed by atoms with Crippen molar-refractivity contribution in [1.29, 1.82) is 0 Å².